The van der Waals surface area contributed by atoms with Crippen LogP contribution < -0.4 is 4.90 Å². The lowest BCUT2D eigenvalue weighted by Crippen LogP contribution is -2.37. The van der Waals surface area contributed by atoms with Crippen LogP contribution in [0, 0.1) is 5.92 Å². The Morgan fingerprint density at radius 2 is 1.78 bits per heavy atom. The number of carboxylic acids is 2. The molecule has 41 heavy (non-hydrogen) atoms. The van der Waals surface area contributed by atoms with E-state index in [9.17, 15) is 19.5 Å². The highest BCUT2D eigenvalue weighted by molar-refractivity contribution is 9.10. The maximum absolute atomic E-state index is 13.1. The number of nitrogens with zero attached hydrogens (tertiary/aromatic N) is 4. The molecule has 6 rings (SSSR count). The van der Waals surface area contributed by atoms with Crippen molar-refractivity contribution in [3.05, 3.63) is 71.0 Å². The number of benzene rings is 2. The maximum atomic E-state index is 13.1. The smallest absolute Gasteiger partial charge is 0.306 e. The summed E-state index contributed by atoms with van der Waals surface area (Å²) in [5.41, 5.74) is 2.64. The number of ketones is 1. The monoisotopic (exact) mass is 616 g/mol. The minimum Gasteiger partial charge on any atom is -0.481 e. The van der Waals surface area contributed by atoms with E-state index in [0.717, 1.165) is 15.4 Å². The molecule has 11 heteroatoms. The number of aromatic nitrogens is 3. The first-order valence-electron chi connectivity index (χ1n) is 13.2. The quantitative estimate of drug-likeness (QED) is 0.203. The Bertz CT molecular complexity index is 1810. The summed E-state index contributed by atoms with van der Waals surface area (Å²) in [6.45, 7) is 1.04. The number of aliphatic carboxylic acids is 2. The third-order valence-electron chi connectivity index (χ3n) is 7.46. The standard InChI is InChI=1S/C30H25BrN4O6/c31-19-4-6-24-20(15-19)22(25(36)7-8-27(37)38)16-35(24)30-32-23-5-3-18(26-2-1-13-41-26)14-21(23)28(33-30)34-11-9-17(10-12-34)29(39)40/h1-6,13-17H,7-12H2,(H,37,38)(H,39,40). The second-order valence-electron chi connectivity index (χ2n) is 10.0. The molecular weight excluding hydrogens is 592 g/mol. The molecule has 208 valence electrons. The summed E-state index contributed by atoms with van der Waals surface area (Å²) < 4.78 is 8.14. The number of halogens is 1. The summed E-state index contributed by atoms with van der Waals surface area (Å²) in [5, 5.41) is 20.1. The molecule has 1 fully saturated rings. The van der Waals surface area contributed by atoms with Crippen LogP contribution in [0.4, 0.5) is 5.82 Å². The van der Waals surface area contributed by atoms with E-state index in [1.165, 1.54) is 0 Å². The van der Waals surface area contributed by atoms with Gasteiger partial charge in [-0.25, -0.2) is 4.98 Å². The molecule has 0 atom stereocenters. The van der Waals surface area contributed by atoms with Crippen molar-refractivity contribution in [1.82, 2.24) is 14.5 Å². The lowest BCUT2D eigenvalue weighted by Gasteiger charge is -2.32. The van der Waals surface area contributed by atoms with Crippen molar-refractivity contribution < 1.29 is 29.0 Å². The predicted molar refractivity (Wildman–Crippen MR) is 156 cm³/mol. The van der Waals surface area contributed by atoms with Crippen LogP contribution in [0.15, 0.2) is 69.9 Å². The number of anilines is 1. The summed E-state index contributed by atoms with van der Waals surface area (Å²) in [6.07, 6.45) is 3.88. The molecule has 5 aromatic rings. The predicted octanol–water partition coefficient (Wildman–Crippen LogP) is 5.94. The SMILES string of the molecule is O=C(O)CCC(=O)c1cn(-c2nc(N3CCC(C(=O)O)CC3)c3cc(-c4ccco4)ccc3n2)c2ccc(Br)cc12. The largest absolute Gasteiger partial charge is 0.481 e. The highest BCUT2D eigenvalue weighted by Crippen LogP contribution is 2.34. The van der Waals surface area contributed by atoms with E-state index in [-0.39, 0.29) is 18.6 Å². The van der Waals surface area contributed by atoms with E-state index in [1.54, 1.807) is 17.0 Å². The Morgan fingerprint density at radius 3 is 2.49 bits per heavy atom. The molecule has 0 saturated carbocycles. The molecule has 0 spiro atoms. The highest BCUT2D eigenvalue weighted by atomic mass is 79.9. The number of carbonyl (C=O) groups excluding carboxylic acids is 1. The fraction of sp³-hybridized carbons (Fsp3) is 0.233. The minimum atomic E-state index is -1.04. The molecule has 1 aliphatic rings. The van der Waals surface area contributed by atoms with E-state index < -0.39 is 17.9 Å². The molecule has 2 N–H and O–H groups in total. The molecule has 2 aromatic carbocycles. The van der Waals surface area contributed by atoms with Crippen molar-refractivity contribution >= 4 is 61.3 Å². The van der Waals surface area contributed by atoms with Gasteiger partial charge in [-0.05, 0) is 61.4 Å². The molecule has 1 aliphatic heterocycles. The molecular formula is C30H25BrN4O6. The van der Waals surface area contributed by atoms with Crippen molar-refractivity contribution in [2.75, 3.05) is 18.0 Å². The van der Waals surface area contributed by atoms with Crippen LogP contribution in [0.1, 0.15) is 36.0 Å². The van der Waals surface area contributed by atoms with Crippen molar-refractivity contribution in [3.8, 4) is 17.3 Å². The van der Waals surface area contributed by atoms with Crippen LogP contribution in [0.25, 0.3) is 39.1 Å². The molecule has 3 aromatic heterocycles. The summed E-state index contributed by atoms with van der Waals surface area (Å²) in [7, 11) is 0. The number of hydrogen-bond acceptors (Lipinski definition) is 7. The van der Waals surface area contributed by atoms with Gasteiger partial charge in [-0.2, -0.15) is 4.98 Å². The molecule has 0 unspecified atom stereocenters. The van der Waals surface area contributed by atoms with Crippen molar-refractivity contribution in [2.24, 2.45) is 5.92 Å². The Balaban J connectivity index is 1.50. The number of piperidine rings is 1. The summed E-state index contributed by atoms with van der Waals surface area (Å²) >= 11 is 3.48. The number of hydrogen-bond donors (Lipinski definition) is 2. The second-order valence-corrected chi connectivity index (χ2v) is 11.0. The first-order chi connectivity index (χ1) is 19.8. The van der Waals surface area contributed by atoms with Gasteiger partial charge < -0.3 is 19.5 Å². The van der Waals surface area contributed by atoms with Gasteiger partial charge in [-0.1, -0.05) is 15.9 Å². The Morgan fingerprint density at radius 1 is 0.976 bits per heavy atom. The van der Waals surface area contributed by atoms with Crippen LogP contribution in [0.3, 0.4) is 0 Å². The molecule has 4 heterocycles. The fourth-order valence-corrected chi connectivity index (χ4v) is 5.69. The Labute approximate surface area is 242 Å². The van der Waals surface area contributed by atoms with E-state index in [2.05, 4.69) is 20.8 Å². The number of fused-ring (bicyclic) bond motifs is 2. The lowest BCUT2D eigenvalue weighted by molar-refractivity contribution is -0.142. The zero-order valence-electron chi connectivity index (χ0n) is 21.8. The van der Waals surface area contributed by atoms with Gasteiger partial charge >= 0.3 is 11.9 Å². The number of carbonyl (C=O) groups is 3. The van der Waals surface area contributed by atoms with Gasteiger partial charge in [0.25, 0.3) is 0 Å². The zero-order chi connectivity index (χ0) is 28.7. The number of Topliss-reactive ketones (excluding diaryl/α,β-unsaturated/α-hetero) is 1. The van der Waals surface area contributed by atoms with Crippen LogP contribution in [-0.2, 0) is 9.59 Å². The van der Waals surface area contributed by atoms with Crippen molar-refractivity contribution in [2.45, 2.75) is 25.7 Å². The first-order valence-corrected chi connectivity index (χ1v) is 14.0. The second kappa shape index (κ2) is 10.8. The first kappa shape index (κ1) is 26.7. The lowest BCUT2D eigenvalue weighted by atomic mass is 9.97. The Kier molecular flexibility index (Phi) is 7.04. The molecule has 0 aliphatic carbocycles. The van der Waals surface area contributed by atoms with Gasteiger partial charge in [-0.3, -0.25) is 19.0 Å². The molecule has 0 amide bonds. The molecule has 0 bridgehead atoms. The van der Waals surface area contributed by atoms with E-state index in [0.29, 0.717) is 65.4 Å². The summed E-state index contributed by atoms with van der Waals surface area (Å²) in [5.74, 6) is -0.784. The van der Waals surface area contributed by atoms with Gasteiger partial charge in [0.15, 0.2) is 5.78 Å². The number of furan rings is 1. The average molecular weight is 617 g/mol. The van der Waals surface area contributed by atoms with E-state index in [4.69, 9.17) is 19.5 Å². The normalized spacial score (nSPS) is 14.1. The topological polar surface area (TPSA) is 139 Å². The average Bonchev–Trinajstić information content (AvgIpc) is 3.64. The summed E-state index contributed by atoms with van der Waals surface area (Å²) in [6, 6.07) is 15.0. The zero-order valence-corrected chi connectivity index (χ0v) is 23.4. The van der Waals surface area contributed by atoms with Gasteiger partial charge in [0.05, 0.1) is 29.6 Å². The van der Waals surface area contributed by atoms with Gasteiger partial charge in [0.2, 0.25) is 5.95 Å². The van der Waals surface area contributed by atoms with E-state index >= 15 is 0 Å². The van der Waals surface area contributed by atoms with Crippen LogP contribution >= 0.6 is 15.9 Å². The minimum absolute atomic E-state index is 0.126. The molecule has 10 nitrogen and oxygen atoms in total. The highest BCUT2D eigenvalue weighted by Gasteiger charge is 2.27. The molecule has 0 radical (unpaired) electrons. The number of carboxylic acid groups (broad SMARTS) is 2. The third kappa shape index (κ3) is 5.20. The van der Waals surface area contributed by atoms with Gasteiger partial charge in [0, 0.05) is 52.1 Å². The molecule has 1 saturated heterocycles. The fourth-order valence-electron chi connectivity index (χ4n) is 5.33. The third-order valence-corrected chi connectivity index (χ3v) is 7.95. The van der Waals surface area contributed by atoms with Crippen LogP contribution in [0.2, 0.25) is 0 Å². The van der Waals surface area contributed by atoms with Crippen LogP contribution in [-0.4, -0.2) is 55.6 Å². The Hall–Kier alpha value is -4.51. The van der Waals surface area contributed by atoms with Gasteiger partial charge in [-0.15, -0.1) is 0 Å². The van der Waals surface area contributed by atoms with Crippen molar-refractivity contribution in [3.63, 3.8) is 0 Å². The number of rotatable bonds is 8. The van der Waals surface area contributed by atoms with E-state index in [1.807, 2.05) is 48.5 Å². The van der Waals surface area contributed by atoms with Crippen molar-refractivity contribution in [1.29, 1.82) is 0 Å². The van der Waals surface area contributed by atoms with Gasteiger partial charge in [0.1, 0.15) is 11.6 Å². The summed E-state index contributed by atoms with van der Waals surface area (Å²) in [4.78, 5) is 47.7. The van der Waals surface area contributed by atoms with Crippen LogP contribution in [0.5, 0.6) is 0 Å². The maximum Gasteiger partial charge on any atom is 0.306 e.